The van der Waals surface area contributed by atoms with Gasteiger partial charge in [-0.1, -0.05) is 5.16 Å². The summed E-state index contributed by atoms with van der Waals surface area (Å²) in [6, 6.07) is 0. The van der Waals surface area contributed by atoms with Crippen molar-refractivity contribution in [3.05, 3.63) is 0 Å². The predicted molar refractivity (Wildman–Crippen MR) is 35.4 cm³/mol. The van der Waals surface area contributed by atoms with Crippen molar-refractivity contribution >= 4 is 6.21 Å². The molecule has 66 valence electrons. The van der Waals surface area contributed by atoms with Crippen LogP contribution in [0.4, 0.5) is 0 Å². The first-order chi connectivity index (χ1) is 5.13. The van der Waals surface area contributed by atoms with Crippen molar-refractivity contribution in [3.8, 4) is 0 Å². The van der Waals surface area contributed by atoms with Gasteiger partial charge in [0.25, 0.3) is 0 Å². The number of rotatable bonds is 4. The van der Waals surface area contributed by atoms with Crippen LogP contribution in [0.2, 0.25) is 0 Å². The normalized spacial score (nSPS) is 20.0. The number of aliphatic hydroxyl groups is 4. The van der Waals surface area contributed by atoms with Crippen molar-refractivity contribution in [2.75, 3.05) is 6.61 Å². The zero-order chi connectivity index (χ0) is 8.85. The second-order valence-corrected chi connectivity index (χ2v) is 2.00. The van der Waals surface area contributed by atoms with Crippen molar-refractivity contribution in [1.29, 1.82) is 0 Å². The molecule has 3 unspecified atom stereocenters. The molecule has 0 saturated heterocycles. The van der Waals surface area contributed by atoms with Crippen LogP contribution in [0.5, 0.6) is 0 Å². The molecule has 0 fully saturated rings. The summed E-state index contributed by atoms with van der Waals surface area (Å²) in [6.45, 7) is -0.669. The van der Waals surface area contributed by atoms with E-state index in [0.717, 1.165) is 0 Å². The molecule has 0 aliphatic heterocycles. The van der Waals surface area contributed by atoms with Crippen LogP contribution in [0.15, 0.2) is 5.16 Å². The van der Waals surface area contributed by atoms with E-state index in [0.29, 0.717) is 6.21 Å². The van der Waals surface area contributed by atoms with Crippen molar-refractivity contribution in [2.45, 2.75) is 18.3 Å². The fourth-order valence-corrected chi connectivity index (χ4v) is 0.492. The molecule has 0 heterocycles. The van der Waals surface area contributed by atoms with Gasteiger partial charge in [0.15, 0.2) is 0 Å². The minimum atomic E-state index is -1.55. The predicted octanol–water partition coefficient (Wildman–Crippen LogP) is -2.48. The van der Waals surface area contributed by atoms with Crippen LogP contribution in [0.25, 0.3) is 0 Å². The number of hydrogen-bond donors (Lipinski definition) is 5. The average Bonchev–Trinajstić information content (AvgIpc) is 2.02. The lowest BCUT2D eigenvalue weighted by molar-refractivity contribution is -0.0546. The number of nitrogens with zero attached hydrogens (tertiary/aromatic N) is 1. The monoisotopic (exact) mass is 165 g/mol. The molecule has 0 aromatic heterocycles. The quantitative estimate of drug-likeness (QED) is 0.180. The molecule has 0 amide bonds. The van der Waals surface area contributed by atoms with Crippen molar-refractivity contribution in [2.24, 2.45) is 5.16 Å². The summed E-state index contributed by atoms with van der Waals surface area (Å²) < 4.78 is 0. The lowest BCUT2D eigenvalue weighted by Gasteiger charge is -2.17. The molecule has 0 radical (unpaired) electrons. The summed E-state index contributed by atoms with van der Waals surface area (Å²) in [6.07, 6.45) is -3.83. The first-order valence-corrected chi connectivity index (χ1v) is 2.96. The van der Waals surface area contributed by atoms with Crippen molar-refractivity contribution in [3.63, 3.8) is 0 Å². The molecule has 0 aromatic rings. The minimum absolute atomic E-state index is 0.642. The van der Waals surface area contributed by atoms with E-state index in [2.05, 4.69) is 5.16 Å². The average molecular weight is 165 g/mol. The number of aliphatic hydroxyl groups excluding tert-OH is 4. The Hall–Kier alpha value is -0.690. The third kappa shape index (κ3) is 3.28. The zero-order valence-electron chi connectivity index (χ0n) is 5.70. The standard InChI is InChI=1S/C5H11NO5/c7-2-4(9)5(10)3(8)1-6-11/h1,3-5,7-11H,2H2/b6-1-. The number of oxime groups is 1. The third-order valence-electron chi connectivity index (χ3n) is 1.15. The fourth-order valence-electron chi connectivity index (χ4n) is 0.492. The Labute approximate surface area is 63.0 Å². The van der Waals surface area contributed by atoms with Crippen LogP contribution in [0, 0.1) is 0 Å². The molecule has 0 saturated carbocycles. The van der Waals surface area contributed by atoms with Gasteiger partial charge in [-0.3, -0.25) is 0 Å². The second kappa shape index (κ2) is 5.03. The minimum Gasteiger partial charge on any atom is -0.411 e. The molecule has 0 bridgehead atoms. The van der Waals surface area contributed by atoms with Gasteiger partial charge < -0.3 is 25.6 Å². The van der Waals surface area contributed by atoms with Crippen LogP contribution < -0.4 is 0 Å². The van der Waals surface area contributed by atoms with Crippen LogP contribution in [0.3, 0.4) is 0 Å². The van der Waals surface area contributed by atoms with Gasteiger partial charge in [-0.05, 0) is 0 Å². The van der Waals surface area contributed by atoms with E-state index < -0.39 is 24.9 Å². The van der Waals surface area contributed by atoms with Gasteiger partial charge in [-0.25, -0.2) is 0 Å². The summed E-state index contributed by atoms with van der Waals surface area (Å²) in [4.78, 5) is 0. The van der Waals surface area contributed by atoms with E-state index in [1.165, 1.54) is 0 Å². The Kier molecular flexibility index (Phi) is 4.71. The lowest BCUT2D eigenvalue weighted by Crippen LogP contribution is -2.40. The SMILES string of the molecule is OCC(O)C(O)C(O)/C=N\O. The summed E-state index contributed by atoms with van der Waals surface area (Å²) in [5.74, 6) is 0. The van der Waals surface area contributed by atoms with Crippen molar-refractivity contribution in [1.82, 2.24) is 0 Å². The molecule has 0 aliphatic rings. The zero-order valence-corrected chi connectivity index (χ0v) is 5.70. The highest BCUT2D eigenvalue weighted by Gasteiger charge is 2.22. The van der Waals surface area contributed by atoms with Gasteiger partial charge in [0.1, 0.15) is 18.3 Å². The Bertz CT molecular complexity index is 128. The molecule has 6 heteroatoms. The van der Waals surface area contributed by atoms with E-state index in [-0.39, 0.29) is 0 Å². The molecule has 3 atom stereocenters. The molecular formula is C5H11NO5. The Morgan fingerprint density at radius 1 is 1.27 bits per heavy atom. The molecule has 11 heavy (non-hydrogen) atoms. The maximum atomic E-state index is 8.85. The fraction of sp³-hybridized carbons (Fsp3) is 0.800. The molecule has 5 N–H and O–H groups in total. The number of hydrogen-bond acceptors (Lipinski definition) is 6. The van der Waals surface area contributed by atoms with Gasteiger partial charge in [0, 0.05) is 0 Å². The van der Waals surface area contributed by atoms with Gasteiger partial charge in [0.05, 0.1) is 12.8 Å². The van der Waals surface area contributed by atoms with E-state index in [4.69, 9.17) is 25.6 Å². The maximum absolute atomic E-state index is 8.85. The topological polar surface area (TPSA) is 114 Å². The van der Waals surface area contributed by atoms with E-state index in [1.54, 1.807) is 0 Å². The first-order valence-electron chi connectivity index (χ1n) is 2.96. The van der Waals surface area contributed by atoms with Crippen LogP contribution >= 0.6 is 0 Å². The first kappa shape index (κ1) is 10.3. The molecule has 0 spiro atoms. The Morgan fingerprint density at radius 2 is 1.82 bits per heavy atom. The summed E-state index contributed by atoms with van der Waals surface area (Å²) in [7, 11) is 0. The second-order valence-electron chi connectivity index (χ2n) is 2.00. The van der Waals surface area contributed by atoms with Crippen LogP contribution in [-0.2, 0) is 0 Å². The Morgan fingerprint density at radius 3 is 2.18 bits per heavy atom. The van der Waals surface area contributed by atoms with E-state index >= 15 is 0 Å². The summed E-state index contributed by atoms with van der Waals surface area (Å²) in [5.41, 5.74) is 0. The molecule has 0 aromatic carbocycles. The summed E-state index contributed by atoms with van der Waals surface area (Å²) >= 11 is 0. The van der Waals surface area contributed by atoms with Gasteiger partial charge >= 0.3 is 0 Å². The van der Waals surface area contributed by atoms with Crippen LogP contribution in [0.1, 0.15) is 0 Å². The van der Waals surface area contributed by atoms with E-state index in [9.17, 15) is 0 Å². The highest BCUT2D eigenvalue weighted by atomic mass is 16.4. The van der Waals surface area contributed by atoms with E-state index in [1.807, 2.05) is 0 Å². The molecule has 0 rings (SSSR count). The largest absolute Gasteiger partial charge is 0.411 e. The van der Waals surface area contributed by atoms with Crippen LogP contribution in [-0.4, -0.2) is 56.8 Å². The summed E-state index contributed by atoms with van der Waals surface area (Å²) in [5, 5.41) is 45.0. The maximum Gasteiger partial charge on any atom is 0.121 e. The highest BCUT2D eigenvalue weighted by molar-refractivity contribution is 5.62. The van der Waals surface area contributed by atoms with Gasteiger partial charge in [-0.2, -0.15) is 0 Å². The van der Waals surface area contributed by atoms with Crippen molar-refractivity contribution < 1.29 is 25.6 Å². The van der Waals surface area contributed by atoms with Gasteiger partial charge in [-0.15, -0.1) is 0 Å². The highest BCUT2D eigenvalue weighted by Crippen LogP contribution is 1.97. The van der Waals surface area contributed by atoms with Gasteiger partial charge in [0.2, 0.25) is 0 Å². The lowest BCUT2D eigenvalue weighted by atomic mass is 10.1. The smallest absolute Gasteiger partial charge is 0.121 e. The molecule has 0 aliphatic carbocycles. The molecular weight excluding hydrogens is 154 g/mol. The Balaban J connectivity index is 3.90. The molecule has 6 nitrogen and oxygen atoms in total. The third-order valence-corrected chi connectivity index (χ3v) is 1.15.